The highest BCUT2D eigenvalue weighted by molar-refractivity contribution is 5.96. The van der Waals surface area contributed by atoms with E-state index in [1.807, 2.05) is 121 Å². The molecule has 0 bridgehead atoms. The molecule has 0 aliphatic rings. The number of nitrogens with zero attached hydrogens (tertiary/aromatic N) is 2. The lowest BCUT2D eigenvalue weighted by Gasteiger charge is -2.25. The molecule has 2 N–H and O–H groups in total. The van der Waals surface area contributed by atoms with Crippen LogP contribution in [0, 0.1) is 0 Å². The maximum atomic E-state index is 13.1. The topological polar surface area (TPSA) is 64.7 Å². The standard InChI is InChI=1S/C33H36N4O2/c38-32(36(30-22-12-6-13-23-30)34-28-18-8-4-9-19-28)26-16-2-1-3-17-27-33(39)37(31-24-14-7-15-25-31)35-29-20-10-5-11-21-29/h4-15,18-25,34-35H,1-3,16-17,26-27H2. The number of hydrogen-bond donors (Lipinski definition) is 2. The summed E-state index contributed by atoms with van der Waals surface area (Å²) in [5.41, 5.74) is 9.86. The Kier molecular flexibility index (Phi) is 10.5. The van der Waals surface area contributed by atoms with Gasteiger partial charge in [-0.25, -0.2) is 10.0 Å². The van der Waals surface area contributed by atoms with Gasteiger partial charge in [0.2, 0.25) is 11.8 Å². The van der Waals surface area contributed by atoms with E-state index >= 15 is 0 Å². The Balaban J connectivity index is 1.21. The van der Waals surface area contributed by atoms with Gasteiger partial charge in [-0.15, -0.1) is 0 Å². The molecule has 0 atom stereocenters. The zero-order valence-electron chi connectivity index (χ0n) is 22.2. The monoisotopic (exact) mass is 520 g/mol. The SMILES string of the molecule is O=C(CCCCCCCC(=O)N(Nc1ccccc1)c1ccccc1)N(Nc1ccccc1)c1ccccc1. The predicted molar refractivity (Wildman–Crippen MR) is 160 cm³/mol. The first-order chi connectivity index (χ1) is 19.2. The van der Waals surface area contributed by atoms with Gasteiger partial charge in [0.25, 0.3) is 0 Å². The molecule has 0 aromatic heterocycles. The fourth-order valence-corrected chi connectivity index (χ4v) is 4.29. The molecule has 0 fully saturated rings. The summed E-state index contributed by atoms with van der Waals surface area (Å²) in [5, 5.41) is 3.26. The van der Waals surface area contributed by atoms with Crippen molar-refractivity contribution in [1.29, 1.82) is 0 Å². The quantitative estimate of drug-likeness (QED) is 0.131. The van der Waals surface area contributed by atoms with Crippen molar-refractivity contribution in [2.45, 2.75) is 44.9 Å². The van der Waals surface area contributed by atoms with Crippen molar-refractivity contribution in [3.63, 3.8) is 0 Å². The molecule has 0 saturated heterocycles. The van der Waals surface area contributed by atoms with E-state index in [-0.39, 0.29) is 11.8 Å². The summed E-state index contributed by atoms with van der Waals surface area (Å²) in [7, 11) is 0. The van der Waals surface area contributed by atoms with Crippen LogP contribution in [0.5, 0.6) is 0 Å². The van der Waals surface area contributed by atoms with Crippen LogP contribution in [0.3, 0.4) is 0 Å². The number of hydrazine groups is 2. The maximum Gasteiger partial charge on any atom is 0.245 e. The number of carbonyl (C=O) groups is 2. The summed E-state index contributed by atoms with van der Waals surface area (Å²) < 4.78 is 0. The second-order valence-electron chi connectivity index (χ2n) is 9.35. The first-order valence-electron chi connectivity index (χ1n) is 13.6. The van der Waals surface area contributed by atoms with E-state index in [0.29, 0.717) is 12.8 Å². The smallest absolute Gasteiger partial charge is 0.245 e. The van der Waals surface area contributed by atoms with Gasteiger partial charge in [-0.3, -0.25) is 20.4 Å². The molecule has 6 nitrogen and oxygen atoms in total. The highest BCUT2D eigenvalue weighted by Gasteiger charge is 2.17. The molecular formula is C33H36N4O2. The zero-order chi connectivity index (χ0) is 27.1. The lowest BCUT2D eigenvalue weighted by Crippen LogP contribution is -2.36. The fraction of sp³-hybridized carbons (Fsp3) is 0.212. The number of carbonyl (C=O) groups excluding carboxylic acids is 2. The summed E-state index contributed by atoms with van der Waals surface area (Å²) in [6, 6.07) is 38.7. The first kappa shape index (κ1) is 27.5. The van der Waals surface area contributed by atoms with E-state index in [2.05, 4.69) is 10.9 Å². The minimum atomic E-state index is 0.0331. The van der Waals surface area contributed by atoms with Crippen LogP contribution in [0.4, 0.5) is 22.7 Å². The fourth-order valence-electron chi connectivity index (χ4n) is 4.29. The Bertz CT molecular complexity index is 1170. The van der Waals surface area contributed by atoms with Gasteiger partial charge in [0, 0.05) is 12.8 Å². The number of nitrogens with one attached hydrogen (secondary N) is 2. The molecule has 2 amide bonds. The highest BCUT2D eigenvalue weighted by Crippen LogP contribution is 2.20. The molecule has 4 aromatic carbocycles. The third-order valence-corrected chi connectivity index (χ3v) is 6.34. The minimum Gasteiger partial charge on any atom is -0.291 e. The predicted octanol–water partition coefficient (Wildman–Crippen LogP) is 7.84. The molecule has 0 saturated carbocycles. The summed E-state index contributed by atoms with van der Waals surface area (Å²) in [6.07, 6.45) is 5.38. The molecule has 0 spiro atoms. The third-order valence-electron chi connectivity index (χ3n) is 6.34. The lowest BCUT2D eigenvalue weighted by atomic mass is 10.1. The van der Waals surface area contributed by atoms with E-state index in [1.54, 1.807) is 10.0 Å². The number of anilines is 4. The second-order valence-corrected chi connectivity index (χ2v) is 9.35. The molecule has 0 unspecified atom stereocenters. The van der Waals surface area contributed by atoms with Crippen LogP contribution in [0.1, 0.15) is 44.9 Å². The maximum absolute atomic E-state index is 13.1. The minimum absolute atomic E-state index is 0.0331. The van der Waals surface area contributed by atoms with Gasteiger partial charge >= 0.3 is 0 Å². The Morgan fingerprint density at radius 1 is 0.436 bits per heavy atom. The number of amides is 2. The highest BCUT2D eigenvalue weighted by atomic mass is 16.2. The van der Waals surface area contributed by atoms with Crippen LogP contribution >= 0.6 is 0 Å². The number of rotatable bonds is 14. The zero-order valence-corrected chi connectivity index (χ0v) is 22.2. The van der Waals surface area contributed by atoms with Gasteiger partial charge < -0.3 is 0 Å². The summed E-state index contributed by atoms with van der Waals surface area (Å²) in [4.78, 5) is 26.2. The van der Waals surface area contributed by atoms with Gasteiger partial charge in [-0.2, -0.15) is 0 Å². The largest absolute Gasteiger partial charge is 0.291 e. The van der Waals surface area contributed by atoms with E-state index < -0.39 is 0 Å². The van der Waals surface area contributed by atoms with Crippen LogP contribution in [-0.2, 0) is 9.59 Å². The van der Waals surface area contributed by atoms with Crippen LogP contribution in [-0.4, -0.2) is 11.8 Å². The molecule has 4 aromatic rings. The molecular weight excluding hydrogens is 484 g/mol. The second kappa shape index (κ2) is 15.0. The molecule has 0 heterocycles. The average molecular weight is 521 g/mol. The Hall–Kier alpha value is -4.58. The Morgan fingerprint density at radius 2 is 0.744 bits per heavy atom. The first-order valence-corrected chi connectivity index (χ1v) is 13.6. The summed E-state index contributed by atoms with van der Waals surface area (Å²) in [5.74, 6) is 0.0661. The number of para-hydroxylation sites is 4. The summed E-state index contributed by atoms with van der Waals surface area (Å²) >= 11 is 0. The van der Waals surface area contributed by atoms with Gasteiger partial charge in [0.15, 0.2) is 0 Å². The number of hydrogen-bond acceptors (Lipinski definition) is 4. The van der Waals surface area contributed by atoms with Crippen LogP contribution < -0.4 is 20.9 Å². The van der Waals surface area contributed by atoms with E-state index in [0.717, 1.165) is 54.9 Å². The molecule has 0 aliphatic heterocycles. The van der Waals surface area contributed by atoms with Gasteiger partial charge in [0.1, 0.15) is 0 Å². The third kappa shape index (κ3) is 8.75. The van der Waals surface area contributed by atoms with Crippen LogP contribution in [0.25, 0.3) is 0 Å². The number of benzene rings is 4. The molecule has 39 heavy (non-hydrogen) atoms. The molecule has 0 radical (unpaired) electrons. The normalized spacial score (nSPS) is 10.5. The van der Waals surface area contributed by atoms with Gasteiger partial charge in [0.05, 0.1) is 22.7 Å². The number of unbranched alkanes of at least 4 members (excludes halogenated alkanes) is 4. The Labute approximate surface area is 231 Å². The van der Waals surface area contributed by atoms with E-state index in [1.165, 1.54) is 0 Å². The Morgan fingerprint density at radius 3 is 1.10 bits per heavy atom. The molecule has 0 aliphatic carbocycles. The average Bonchev–Trinajstić information content (AvgIpc) is 3.00. The van der Waals surface area contributed by atoms with Gasteiger partial charge in [-0.1, -0.05) is 92.1 Å². The van der Waals surface area contributed by atoms with Gasteiger partial charge in [-0.05, 0) is 61.4 Å². The van der Waals surface area contributed by atoms with Crippen molar-refractivity contribution in [3.05, 3.63) is 121 Å². The van der Waals surface area contributed by atoms with E-state index in [9.17, 15) is 9.59 Å². The van der Waals surface area contributed by atoms with Crippen molar-refractivity contribution in [2.24, 2.45) is 0 Å². The van der Waals surface area contributed by atoms with E-state index in [4.69, 9.17) is 0 Å². The van der Waals surface area contributed by atoms with Crippen molar-refractivity contribution >= 4 is 34.6 Å². The van der Waals surface area contributed by atoms with Crippen molar-refractivity contribution < 1.29 is 9.59 Å². The molecule has 6 heteroatoms. The molecule has 200 valence electrons. The van der Waals surface area contributed by atoms with Crippen molar-refractivity contribution in [2.75, 3.05) is 20.9 Å². The van der Waals surface area contributed by atoms with Crippen LogP contribution in [0.15, 0.2) is 121 Å². The lowest BCUT2D eigenvalue weighted by molar-refractivity contribution is -0.119. The van der Waals surface area contributed by atoms with Crippen molar-refractivity contribution in [3.8, 4) is 0 Å². The summed E-state index contributed by atoms with van der Waals surface area (Å²) in [6.45, 7) is 0. The van der Waals surface area contributed by atoms with Crippen molar-refractivity contribution in [1.82, 2.24) is 0 Å². The van der Waals surface area contributed by atoms with Crippen LogP contribution in [0.2, 0.25) is 0 Å². The molecule has 4 rings (SSSR count).